The summed E-state index contributed by atoms with van der Waals surface area (Å²) in [4.78, 5) is 0. The molecule has 0 heterocycles. The summed E-state index contributed by atoms with van der Waals surface area (Å²) in [6, 6.07) is 0. The Morgan fingerprint density at radius 3 is 1.80 bits per heavy atom. The van der Waals surface area contributed by atoms with Crippen LogP contribution in [0.4, 0.5) is 0 Å². The third kappa shape index (κ3) is 4.44. The summed E-state index contributed by atoms with van der Waals surface area (Å²) >= 11 is -2.70. The summed E-state index contributed by atoms with van der Waals surface area (Å²) in [5, 5.41) is 0. The molecule has 0 rings (SSSR count). The molecule has 0 spiro atoms. The molecular weight excluding hydrogens is 135 g/mol. The minimum atomic E-state index is -2.70. The average Bonchev–Trinajstić information content (AvgIpc) is 1.38. The molecule has 0 aliphatic heterocycles. The Kier molecular flexibility index (Phi) is 2.90. The molecule has 0 aromatic rings. The van der Waals surface area contributed by atoms with Crippen molar-refractivity contribution < 1.29 is 11.9 Å². The summed E-state index contributed by atoms with van der Waals surface area (Å²) < 4.78 is 19.7. The first-order valence-corrected chi connectivity index (χ1v) is 3.44. The molecule has 0 aromatic carbocycles. The van der Waals surface area contributed by atoms with Gasteiger partial charge < -0.3 is 0 Å². The topological polar surface area (TPSA) is 49.7 Å². The molecule has 0 bridgehead atoms. The van der Waals surface area contributed by atoms with E-state index in [-0.39, 0.29) is 0 Å². The zero-order valence-corrected chi connectivity index (χ0v) is 4.63. The first-order valence-electron chi connectivity index (χ1n) is 0.991. The van der Waals surface area contributed by atoms with Crippen LogP contribution in [0.25, 0.3) is 0 Å². The van der Waals surface area contributed by atoms with E-state index in [1.165, 1.54) is 7.11 Å². The Hall–Kier alpha value is 0.438. The van der Waals surface area contributed by atoms with Gasteiger partial charge in [-0.3, -0.25) is 0 Å². The summed E-state index contributed by atoms with van der Waals surface area (Å²) in [5.41, 5.74) is 0. The van der Waals surface area contributed by atoms with Gasteiger partial charge in [-0.1, -0.05) is 0 Å². The van der Waals surface area contributed by atoms with Gasteiger partial charge in [0.2, 0.25) is 0 Å². The number of hydrogen-bond acceptors (Lipinski definition) is 3. The summed E-state index contributed by atoms with van der Waals surface area (Å²) in [6.45, 7) is 0. The van der Waals surface area contributed by atoms with Crippen molar-refractivity contribution in [1.29, 1.82) is 0 Å². The molecule has 4 heteroatoms. The second-order valence-electron chi connectivity index (χ2n) is 0.435. The third-order valence-electron chi connectivity index (χ3n) is 0.163. The number of hydrogen-bond donors (Lipinski definition) is 2. The predicted molar refractivity (Wildman–Crippen MR) is 17.2 cm³/mol. The molecule has 0 radical (unpaired) electrons. The molecule has 32 valence electrons. The molecule has 0 saturated carbocycles. The van der Waals surface area contributed by atoms with E-state index in [0.717, 1.165) is 0 Å². The van der Waals surface area contributed by atoms with E-state index in [0.29, 0.717) is 0 Å². The Labute approximate surface area is 35.5 Å². The standard InChI is InChI=1S/CH5AsO3/c1-5-2(3)4/h3-4H,1H3. The quantitative estimate of drug-likeness (QED) is 0.440. The van der Waals surface area contributed by atoms with Crippen molar-refractivity contribution in [2.24, 2.45) is 0 Å². The molecule has 2 N–H and O–H groups in total. The predicted octanol–water partition coefficient (Wildman–Crippen LogP) is -1.40. The van der Waals surface area contributed by atoms with Crippen molar-refractivity contribution in [2.75, 3.05) is 7.11 Å². The van der Waals surface area contributed by atoms with Gasteiger partial charge in [-0.15, -0.1) is 0 Å². The molecule has 0 aliphatic carbocycles. The molecular formula is CH5AsO3. The molecule has 0 saturated heterocycles. The summed E-state index contributed by atoms with van der Waals surface area (Å²) in [5.74, 6) is 0. The van der Waals surface area contributed by atoms with E-state index in [9.17, 15) is 0 Å². The Morgan fingerprint density at radius 1 is 1.60 bits per heavy atom. The fraction of sp³-hybridized carbons (Fsp3) is 1.00. The fourth-order valence-electron chi connectivity index (χ4n) is 0. The molecule has 5 heavy (non-hydrogen) atoms. The summed E-state index contributed by atoms with van der Waals surface area (Å²) in [6.07, 6.45) is 0. The Bertz CT molecular complexity index is 20.9. The van der Waals surface area contributed by atoms with Gasteiger partial charge in [-0.25, -0.2) is 0 Å². The second kappa shape index (κ2) is 2.66. The maximum absolute atomic E-state index is 7.84. The van der Waals surface area contributed by atoms with Crippen LogP contribution in [-0.2, 0) is 3.73 Å². The van der Waals surface area contributed by atoms with E-state index < -0.39 is 15.7 Å². The Morgan fingerprint density at radius 2 is 1.80 bits per heavy atom. The van der Waals surface area contributed by atoms with E-state index >= 15 is 0 Å². The van der Waals surface area contributed by atoms with Gasteiger partial charge in [-0.05, 0) is 0 Å². The van der Waals surface area contributed by atoms with Crippen molar-refractivity contribution in [2.45, 2.75) is 0 Å². The second-order valence-corrected chi connectivity index (χ2v) is 2.26. The van der Waals surface area contributed by atoms with E-state index in [2.05, 4.69) is 3.73 Å². The van der Waals surface area contributed by atoms with Crippen LogP contribution in [-0.4, -0.2) is 31.0 Å². The van der Waals surface area contributed by atoms with Crippen LogP contribution in [0.1, 0.15) is 0 Å². The van der Waals surface area contributed by atoms with Gasteiger partial charge in [0.1, 0.15) is 0 Å². The molecule has 3 nitrogen and oxygen atoms in total. The van der Waals surface area contributed by atoms with Crippen LogP contribution in [0.3, 0.4) is 0 Å². The van der Waals surface area contributed by atoms with Crippen molar-refractivity contribution in [3.05, 3.63) is 0 Å². The molecule has 0 amide bonds. The van der Waals surface area contributed by atoms with Gasteiger partial charge in [-0.2, -0.15) is 0 Å². The van der Waals surface area contributed by atoms with Crippen molar-refractivity contribution in [3.63, 3.8) is 0 Å². The molecule has 0 atom stereocenters. The van der Waals surface area contributed by atoms with Crippen LogP contribution in [0.15, 0.2) is 0 Å². The van der Waals surface area contributed by atoms with Gasteiger partial charge >= 0.3 is 34.7 Å². The normalized spacial score (nSPS) is 9.60. The van der Waals surface area contributed by atoms with Gasteiger partial charge in [0.25, 0.3) is 0 Å². The van der Waals surface area contributed by atoms with Crippen molar-refractivity contribution in [3.8, 4) is 0 Å². The van der Waals surface area contributed by atoms with Crippen molar-refractivity contribution >= 4 is 15.7 Å². The van der Waals surface area contributed by atoms with Crippen LogP contribution in [0, 0.1) is 0 Å². The van der Waals surface area contributed by atoms with Gasteiger partial charge in [0.05, 0.1) is 0 Å². The first-order chi connectivity index (χ1) is 2.27. The zero-order chi connectivity index (χ0) is 4.28. The molecule has 0 unspecified atom stereocenters. The molecule has 0 fully saturated rings. The monoisotopic (exact) mass is 140 g/mol. The van der Waals surface area contributed by atoms with Gasteiger partial charge in [0.15, 0.2) is 0 Å². The van der Waals surface area contributed by atoms with E-state index in [1.54, 1.807) is 0 Å². The fourth-order valence-corrected chi connectivity index (χ4v) is 0. The summed E-state index contributed by atoms with van der Waals surface area (Å²) in [7, 11) is 1.26. The number of rotatable bonds is 1. The maximum atomic E-state index is 7.84. The third-order valence-corrected chi connectivity index (χ3v) is 0.849. The van der Waals surface area contributed by atoms with Crippen LogP contribution < -0.4 is 0 Å². The first kappa shape index (κ1) is 5.44. The molecule has 0 aromatic heterocycles. The van der Waals surface area contributed by atoms with Crippen LogP contribution >= 0.6 is 0 Å². The van der Waals surface area contributed by atoms with E-state index in [4.69, 9.17) is 8.19 Å². The molecule has 0 aliphatic rings. The minimum absolute atomic E-state index is 1.26. The van der Waals surface area contributed by atoms with Gasteiger partial charge in [0, 0.05) is 0 Å². The van der Waals surface area contributed by atoms with Crippen LogP contribution in [0.5, 0.6) is 0 Å². The van der Waals surface area contributed by atoms with Crippen LogP contribution in [0.2, 0.25) is 0 Å². The Balaban J connectivity index is 2.54. The SMILES string of the molecule is CO[As](O)O. The zero-order valence-electron chi connectivity index (χ0n) is 2.75. The van der Waals surface area contributed by atoms with Crippen molar-refractivity contribution in [1.82, 2.24) is 0 Å². The van der Waals surface area contributed by atoms with E-state index in [1.807, 2.05) is 0 Å². The average molecular weight is 140 g/mol.